The molecular formula is C16H19N4O+. The Morgan fingerprint density at radius 1 is 1.10 bits per heavy atom. The second-order valence-electron chi connectivity index (χ2n) is 5.32. The molecule has 3 heterocycles. The summed E-state index contributed by atoms with van der Waals surface area (Å²) in [7, 11) is 0. The van der Waals surface area contributed by atoms with Gasteiger partial charge in [0.25, 0.3) is 5.91 Å². The number of hydrogen-bond donors (Lipinski definition) is 1. The van der Waals surface area contributed by atoms with E-state index in [2.05, 4.69) is 16.0 Å². The van der Waals surface area contributed by atoms with Gasteiger partial charge in [-0.1, -0.05) is 6.07 Å². The lowest BCUT2D eigenvalue weighted by Gasteiger charge is -2.32. The van der Waals surface area contributed by atoms with Crippen LogP contribution in [-0.2, 0) is 6.54 Å². The maximum atomic E-state index is 12.3. The zero-order valence-corrected chi connectivity index (χ0v) is 11.9. The molecular weight excluding hydrogens is 264 g/mol. The Balaban J connectivity index is 1.54. The van der Waals surface area contributed by atoms with Crippen LogP contribution in [0.5, 0.6) is 0 Å². The maximum Gasteiger partial charge on any atom is 0.254 e. The molecule has 5 heteroatoms. The summed E-state index contributed by atoms with van der Waals surface area (Å²) in [5, 5.41) is 0. The molecule has 108 valence electrons. The Hall–Kier alpha value is -2.27. The van der Waals surface area contributed by atoms with Gasteiger partial charge in [-0.25, -0.2) is 0 Å². The quantitative estimate of drug-likeness (QED) is 0.864. The number of carbonyl (C=O) groups excluding carboxylic acids is 1. The van der Waals surface area contributed by atoms with Crippen molar-refractivity contribution in [1.29, 1.82) is 0 Å². The first kappa shape index (κ1) is 13.7. The van der Waals surface area contributed by atoms with Crippen LogP contribution >= 0.6 is 0 Å². The third-order valence-corrected chi connectivity index (χ3v) is 3.86. The molecule has 1 aliphatic heterocycles. The summed E-state index contributed by atoms with van der Waals surface area (Å²) in [6, 6.07) is 7.63. The predicted molar refractivity (Wildman–Crippen MR) is 78.8 cm³/mol. The fourth-order valence-corrected chi connectivity index (χ4v) is 2.67. The minimum absolute atomic E-state index is 0.109. The van der Waals surface area contributed by atoms with Crippen molar-refractivity contribution in [2.45, 2.75) is 6.54 Å². The molecule has 1 N–H and O–H groups in total. The number of aromatic nitrogens is 2. The van der Waals surface area contributed by atoms with Gasteiger partial charge < -0.3 is 9.80 Å². The summed E-state index contributed by atoms with van der Waals surface area (Å²) in [5.74, 6) is 0.109. The Bertz CT molecular complexity index is 580. The first-order chi connectivity index (χ1) is 10.3. The summed E-state index contributed by atoms with van der Waals surface area (Å²) < 4.78 is 0. The average molecular weight is 283 g/mol. The molecule has 2 aromatic rings. The van der Waals surface area contributed by atoms with Gasteiger partial charge in [0.05, 0.1) is 26.2 Å². The molecule has 2 aromatic heterocycles. The minimum atomic E-state index is 0.109. The van der Waals surface area contributed by atoms with Gasteiger partial charge in [0.1, 0.15) is 6.54 Å². The zero-order chi connectivity index (χ0) is 14.5. The molecule has 0 saturated carbocycles. The van der Waals surface area contributed by atoms with E-state index in [0.717, 1.165) is 38.3 Å². The van der Waals surface area contributed by atoms with Gasteiger partial charge in [-0.3, -0.25) is 14.8 Å². The highest BCUT2D eigenvalue weighted by molar-refractivity contribution is 5.94. The van der Waals surface area contributed by atoms with Crippen molar-refractivity contribution in [2.24, 2.45) is 0 Å². The van der Waals surface area contributed by atoms with Crippen LogP contribution in [0.4, 0.5) is 0 Å². The second-order valence-corrected chi connectivity index (χ2v) is 5.32. The molecule has 0 unspecified atom stereocenters. The smallest absolute Gasteiger partial charge is 0.254 e. The molecule has 0 aromatic carbocycles. The largest absolute Gasteiger partial charge is 0.328 e. The third-order valence-electron chi connectivity index (χ3n) is 3.86. The average Bonchev–Trinajstić information content (AvgIpc) is 2.57. The molecule has 0 radical (unpaired) electrons. The van der Waals surface area contributed by atoms with E-state index in [-0.39, 0.29) is 5.91 Å². The van der Waals surface area contributed by atoms with Gasteiger partial charge in [-0.2, -0.15) is 0 Å². The molecule has 0 aliphatic carbocycles. The Morgan fingerprint density at radius 3 is 2.52 bits per heavy atom. The van der Waals surface area contributed by atoms with Gasteiger partial charge >= 0.3 is 0 Å². The number of quaternary nitrogens is 1. The highest BCUT2D eigenvalue weighted by Gasteiger charge is 2.24. The van der Waals surface area contributed by atoms with Crippen molar-refractivity contribution in [2.75, 3.05) is 26.2 Å². The van der Waals surface area contributed by atoms with Crippen LogP contribution in [0.15, 0.2) is 49.1 Å². The molecule has 3 rings (SSSR count). The summed E-state index contributed by atoms with van der Waals surface area (Å²) >= 11 is 0. The summed E-state index contributed by atoms with van der Waals surface area (Å²) in [6.45, 7) is 4.54. The van der Waals surface area contributed by atoms with E-state index in [1.165, 1.54) is 10.5 Å². The number of carbonyl (C=O) groups is 1. The third kappa shape index (κ3) is 3.44. The lowest BCUT2D eigenvalue weighted by molar-refractivity contribution is -0.917. The van der Waals surface area contributed by atoms with Crippen LogP contribution in [0.3, 0.4) is 0 Å². The normalized spacial score (nSPS) is 15.9. The number of nitrogens with zero attached hydrogens (tertiary/aromatic N) is 3. The standard InChI is InChI=1S/C16H18N4O/c21-16(15-3-6-17-7-4-15)20-10-8-19(9-11-20)13-14-2-1-5-18-12-14/h1-7,12H,8-11,13H2/p+1. The van der Waals surface area contributed by atoms with Crippen molar-refractivity contribution >= 4 is 5.91 Å². The van der Waals surface area contributed by atoms with E-state index in [4.69, 9.17) is 0 Å². The lowest BCUT2D eigenvalue weighted by atomic mass is 10.2. The van der Waals surface area contributed by atoms with Crippen molar-refractivity contribution in [3.8, 4) is 0 Å². The van der Waals surface area contributed by atoms with Gasteiger partial charge in [0.2, 0.25) is 0 Å². The van der Waals surface area contributed by atoms with Crippen molar-refractivity contribution in [1.82, 2.24) is 14.9 Å². The first-order valence-corrected chi connectivity index (χ1v) is 7.25. The number of hydrogen-bond acceptors (Lipinski definition) is 3. The highest BCUT2D eigenvalue weighted by Crippen LogP contribution is 2.03. The number of pyridine rings is 2. The number of rotatable bonds is 3. The summed E-state index contributed by atoms with van der Waals surface area (Å²) in [5.41, 5.74) is 1.97. The van der Waals surface area contributed by atoms with E-state index in [0.29, 0.717) is 0 Å². The Morgan fingerprint density at radius 2 is 1.86 bits per heavy atom. The van der Waals surface area contributed by atoms with Gasteiger partial charge in [-0.05, 0) is 18.2 Å². The van der Waals surface area contributed by atoms with Crippen LogP contribution in [-0.4, -0.2) is 47.0 Å². The van der Waals surface area contributed by atoms with E-state index in [9.17, 15) is 4.79 Å². The number of amides is 1. The van der Waals surface area contributed by atoms with Crippen molar-refractivity contribution < 1.29 is 9.69 Å². The molecule has 0 spiro atoms. The first-order valence-electron chi connectivity index (χ1n) is 7.25. The summed E-state index contributed by atoms with van der Waals surface area (Å²) in [4.78, 5) is 23.9. The highest BCUT2D eigenvalue weighted by atomic mass is 16.2. The molecule has 0 bridgehead atoms. The van der Waals surface area contributed by atoms with Crippen LogP contribution in [0.25, 0.3) is 0 Å². The van der Waals surface area contributed by atoms with Crippen LogP contribution in [0.2, 0.25) is 0 Å². The van der Waals surface area contributed by atoms with Gasteiger partial charge in [0, 0.05) is 35.9 Å². The zero-order valence-electron chi connectivity index (χ0n) is 11.9. The van der Waals surface area contributed by atoms with Crippen LogP contribution in [0, 0.1) is 0 Å². The topological polar surface area (TPSA) is 50.5 Å². The molecule has 1 amide bonds. The molecule has 1 fully saturated rings. The fraction of sp³-hybridized carbons (Fsp3) is 0.312. The van der Waals surface area contributed by atoms with E-state index >= 15 is 0 Å². The number of nitrogens with one attached hydrogen (secondary N) is 1. The van der Waals surface area contributed by atoms with E-state index < -0.39 is 0 Å². The fourth-order valence-electron chi connectivity index (χ4n) is 2.67. The second kappa shape index (κ2) is 6.45. The molecule has 21 heavy (non-hydrogen) atoms. The Labute approximate surface area is 124 Å². The molecule has 1 saturated heterocycles. The molecule has 0 atom stereocenters. The Kier molecular flexibility index (Phi) is 4.21. The van der Waals surface area contributed by atoms with Gasteiger partial charge in [0.15, 0.2) is 0 Å². The SMILES string of the molecule is O=C(c1ccncc1)N1CC[NH+](Cc2cccnc2)CC1. The monoisotopic (exact) mass is 283 g/mol. The molecule has 5 nitrogen and oxygen atoms in total. The lowest BCUT2D eigenvalue weighted by Crippen LogP contribution is -3.13. The van der Waals surface area contributed by atoms with E-state index in [1.54, 1.807) is 30.7 Å². The van der Waals surface area contributed by atoms with Crippen molar-refractivity contribution in [3.63, 3.8) is 0 Å². The molecule has 1 aliphatic rings. The van der Waals surface area contributed by atoms with Crippen LogP contribution in [0.1, 0.15) is 15.9 Å². The van der Waals surface area contributed by atoms with Gasteiger partial charge in [-0.15, -0.1) is 0 Å². The maximum absolute atomic E-state index is 12.3. The van der Waals surface area contributed by atoms with Crippen molar-refractivity contribution in [3.05, 3.63) is 60.2 Å². The minimum Gasteiger partial charge on any atom is -0.328 e. The summed E-state index contributed by atoms with van der Waals surface area (Å²) in [6.07, 6.45) is 7.04. The van der Waals surface area contributed by atoms with E-state index in [1.807, 2.05) is 17.2 Å². The predicted octanol–water partition coefficient (Wildman–Crippen LogP) is 0.0175. The van der Waals surface area contributed by atoms with Crippen LogP contribution < -0.4 is 4.90 Å². The number of piperazine rings is 1.